The van der Waals surface area contributed by atoms with Gasteiger partial charge in [0.05, 0.1) is 11.4 Å². The van der Waals surface area contributed by atoms with Gasteiger partial charge in [0.15, 0.2) is 6.10 Å². The Hall–Kier alpha value is -2.53. The molecule has 1 aliphatic rings. The highest BCUT2D eigenvalue weighted by atomic mass is 35.5. The van der Waals surface area contributed by atoms with E-state index >= 15 is 0 Å². The molecule has 0 fully saturated rings. The summed E-state index contributed by atoms with van der Waals surface area (Å²) in [6.45, 7) is 3.51. The summed E-state index contributed by atoms with van der Waals surface area (Å²) in [6, 6.07) is 12.4. The van der Waals surface area contributed by atoms with Gasteiger partial charge in [0.2, 0.25) is 5.91 Å². The Morgan fingerprint density at radius 2 is 2.04 bits per heavy atom. The van der Waals surface area contributed by atoms with E-state index in [-0.39, 0.29) is 18.4 Å². The maximum Gasteiger partial charge on any atom is 0.268 e. The number of nitrogens with one attached hydrogen (secondary N) is 1. The third kappa shape index (κ3) is 3.21. The minimum absolute atomic E-state index is 0.0247. The third-order valence-electron chi connectivity index (χ3n) is 3.83. The van der Waals surface area contributed by atoms with Crippen LogP contribution in [0.2, 0.25) is 5.02 Å². The van der Waals surface area contributed by atoms with E-state index in [0.29, 0.717) is 22.1 Å². The van der Waals surface area contributed by atoms with Crippen molar-refractivity contribution >= 4 is 34.8 Å². The van der Waals surface area contributed by atoms with Crippen molar-refractivity contribution in [3.63, 3.8) is 0 Å². The maximum atomic E-state index is 12.8. The first-order valence-electron chi connectivity index (χ1n) is 7.59. The molecule has 2 aromatic rings. The van der Waals surface area contributed by atoms with E-state index in [2.05, 4.69) is 5.32 Å². The Morgan fingerprint density at radius 3 is 2.79 bits per heavy atom. The zero-order chi connectivity index (χ0) is 17.3. The molecule has 1 atom stereocenters. The molecule has 2 aromatic carbocycles. The summed E-state index contributed by atoms with van der Waals surface area (Å²) in [5.41, 5.74) is 2.14. The molecule has 24 heavy (non-hydrogen) atoms. The topological polar surface area (TPSA) is 58.6 Å². The highest BCUT2D eigenvalue weighted by Crippen LogP contribution is 2.30. The van der Waals surface area contributed by atoms with Crippen LogP contribution in [0.15, 0.2) is 42.5 Å². The van der Waals surface area contributed by atoms with Gasteiger partial charge in [0, 0.05) is 5.02 Å². The minimum Gasteiger partial charge on any atom is -0.481 e. The van der Waals surface area contributed by atoms with Gasteiger partial charge in [-0.1, -0.05) is 23.7 Å². The van der Waals surface area contributed by atoms with Gasteiger partial charge < -0.3 is 10.1 Å². The second-order valence-corrected chi connectivity index (χ2v) is 6.10. The molecule has 1 unspecified atom stereocenters. The number of benzene rings is 2. The number of carbonyl (C=O) groups excluding carboxylic acids is 2. The van der Waals surface area contributed by atoms with Crippen molar-refractivity contribution in [2.75, 3.05) is 16.8 Å². The molecule has 2 amide bonds. The van der Waals surface area contributed by atoms with Crippen molar-refractivity contribution in [2.24, 2.45) is 0 Å². The number of fused-ring (bicyclic) bond motifs is 1. The molecule has 0 aliphatic carbocycles. The van der Waals surface area contributed by atoms with Gasteiger partial charge in [-0.2, -0.15) is 0 Å². The number of para-hydroxylation sites is 2. The number of hydrogen-bond donors (Lipinski definition) is 1. The third-order valence-corrected chi connectivity index (χ3v) is 4.06. The molecule has 0 saturated carbocycles. The smallest absolute Gasteiger partial charge is 0.268 e. The number of amides is 2. The SMILES string of the molecule is Cc1cc(Cl)ccc1OC(C)C(=O)N1CC(=O)Nc2ccccc21. The van der Waals surface area contributed by atoms with Gasteiger partial charge in [-0.3, -0.25) is 14.5 Å². The Balaban J connectivity index is 1.82. The van der Waals surface area contributed by atoms with E-state index in [0.717, 1.165) is 5.56 Å². The summed E-state index contributed by atoms with van der Waals surface area (Å²) < 4.78 is 5.78. The number of hydrogen-bond acceptors (Lipinski definition) is 3. The average molecular weight is 345 g/mol. The van der Waals surface area contributed by atoms with Crippen LogP contribution in [0.3, 0.4) is 0 Å². The van der Waals surface area contributed by atoms with Gasteiger partial charge in [-0.15, -0.1) is 0 Å². The van der Waals surface area contributed by atoms with Crippen molar-refractivity contribution < 1.29 is 14.3 Å². The molecule has 0 radical (unpaired) electrons. The van der Waals surface area contributed by atoms with E-state index in [1.807, 2.05) is 19.1 Å². The number of halogens is 1. The zero-order valence-electron chi connectivity index (χ0n) is 13.4. The molecule has 1 N–H and O–H groups in total. The lowest BCUT2D eigenvalue weighted by Crippen LogP contribution is -2.47. The molecule has 6 heteroatoms. The fraction of sp³-hybridized carbons (Fsp3) is 0.222. The van der Waals surface area contributed by atoms with Crippen LogP contribution in [0.1, 0.15) is 12.5 Å². The quantitative estimate of drug-likeness (QED) is 0.928. The first-order valence-corrected chi connectivity index (χ1v) is 7.96. The second kappa shape index (κ2) is 6.53. The predicted octanol–water partition coefficient (Wildman–Crippen LogP) is 3.40. The summed E-state index contributed by atoms with van der Waals surface area (Å²) in [7, 11) is 0. The molecule has 0 spiro atoms. The molecule has 3 rings (SSSR count). The van der Waals surface area contributed by atoms with E-state index in [1.165, 1.54) is 4.90 Å². The first-order chi connectivity index (χ1) is 11.5. The molecule has 5 nitrogen and oxygen atoms in total. The van der Waals surface area contributed by atoms with E-state index in [4.69, 9.17) is 16.3 Å². The van der Waals surface area contributed by atoms with Crippen molar-refractivity contribution in [2.45, 2.75) is 20.0 Å². The lowest BCUT2D eigenvalue weighted by Gasteiger charge is -2.31. The van der Waals surface area contributed by atoms with E-state index in [1.54, 1.807) is 37.3 Å². The normalized spacial score (nSPS) is 14.6. The number of anilines is 2. The number of ether oxygens (including phenoxy) is 1. The molecular weight excluding hydrogens is 328 g/mol. The zero-order valence-corrected chi connectivity index (χ0v) is 14.1. The standard InChI is InChI=1S/C18H17ClN2O3/c1-11-9-13(19)7-8-16(11)24-12(2)18(23)21-10-17(22)20-14-5-3-4-6-15(14)21/h3-9,12H,10H2,1-2H3,(H,20,22). The van der Waals surface area contributed by atoms with Crippen molar-refractivity contribution in [1.29, 1.82) is 0 Å². The predicted molar refractivity (Wildman–Crippen MR) is 93.7 cm³/mol. The van der Waals surface area contributed by atoms with Crippen molar-refractivity contribution in [3.8, 4) is 5.75 Å². The van der Waals surface area contributed by atoms with Gasteiger partial charge in [-0.25, -0.2) is 0 Å². The van der Waals surface area contributed by atoms with Gasteiger partial charge in [0.25, 0.3) is 5.91 Å². The number of rotatable bonds is 3. The first kappa shape index (κ1) is 16.3. The molecule has 1 aliphatic heterocycles. The summed E-state index contributed by atoms with van der Waals surface area (Å²) in [5, 5.41) is 3.37. The molecule has 1 heterocycles. The Bertz CT molecular complexity index is 807. The highest BCUT2D eigenvalue weighted by molar-refractivity contribution is 6.30. The molecule has 124 valence electrons. The highest BCUT2D eigenvalue weighted by Gasteiger charge is 2.30. The largest absolute Gasteiger partial charge is 0.481 e. The average Bonchev–Trinajstić information content (AvgIpc) is 2.55. The van der Waals surface area contributed by atoms with Crippen LogP contribution in [-0.4, -0.2) is 24.5 Å². The van der Waals surface area contributed by atoms with Crippen LogP contribution in [0.4, 0.5) is 11.4 Å². The van der Waals surface area contributed by atoms with Gasteiger partial charge >= 0.3 is 0 Å². The van der Waals surface area contributed by atoms with Crippen molar-refractivity contribution in [3.05, 3.63) is 53.1 Å². The molecule has 0 saturated heterocycles. The van der Waals surface area contributed by atoms with Crippen LogP contribution in [0.25, 0.3) is 0 Å². The summed E-state index contributed by atoms with van der Waals surface area (Å²) in [5.74, 6) is 0.0959. The second-order valence-electron chi connectivity index (χ2n) is 5.66. The van der Waals surface area contributed by atoms with Crippen molar-refractivity contribution in [1.82, 2.24) is 0 Å². The van der Waals surface area contributed by atoms with Crippen LogP contribution < -0.4 is 15.0 Å². The number of carbonyl (C=O) groups is 2. The number of aryl methyl sites for hydroxylation is 1. The Morgan fingerprint density at radius 1 is 1.29 bits per heavy atom. The minimum atomic E-state index is -0.733. The monoisotopic (exact) mass is 344 g/mol. The van der Waals surface area contributed by atoms with E-state index in [9.17, 15) is 9.59 Å². The van der Waals surface area contributed by atoms with E-state index < -0.39 is 6.10 Å². The maximum absolute atomic E-state index is 12.8. The summed E-state index contributed by atoms with van der Waals surface area (Å²) >= 11 is 5.93. The fourth-order valence-corrected chi connectivity index (χ4v) is 2.86. The fourth-order valence-electron chi connectivity index (χ4n) is 2.64. The lowest BCUT2D eigenvalue weighted by atomic mass is 10.1. The Labute approximate surface area is 145 Å². The molecule has 0 aromatic heterocycles. The number of nitrogens with zero attached hydrogens (tertiary/aromatic N) is 1. The van der Waals surface area contributed by atoms with Gasteiger partial charge in [0.1, 0.15) is 12.3 Å². The molecule has 0 bridgehead atoms. The summed E-state index contributed by atoms with van der Waals surface area (Å²) in [4.78, 5) is 26.1. The van der Waals surface area contributed by atoms with Crippen LogP contribution >= 0.6 is 11.6 Å². The summed E-state index contributed by atoms with van der Waals surface area (Å²) in [6.07, 6.45) is -0.733. The molecular formula is C18H17ClN2O3. The van der Waals surface area contributed by atoms with Crippen LogP contribution in [0.5, 0.6) is 5.75 Å². The van der Waals surface area contributed by atoms with Gasteiger partial charge in [-0.05, 0) is 49.7 Å². The lowest BCUT2D eigenvalue weighted by molar-refractivity contribution is -0.126. The van der Waals surface area contributed by atoms with Crippen LogP contribution in [-0.2, 0) is 9.59 Å². The van der Waals surface area contributed by atoms with Crippen LogP contribution in [0, 0.1) is 6.92 Å². The Kier molecular flexibility index (Phi) is 4.44.